The second-order valence-corrected chi connectivity index (χ2v) is 13.5. The highest BCUT2D eigenvalue weighted by Gasteiger charge is 2.63. The number of ether oxygens (including phenoxy) is 3. The first-order valence-corrected chi connectivity index (χ1v) is 14.9. The van der Waals surface area contributed by atoms with Crippen LogP contribution in [0.25, 0.3) is 0 Å². The molecule has 0 spiro atoms. The smallest absolute Gasteiger partial charge is 0.302 e. The predicted molar refractivity (Wildman–Crippen MR) is 143 cm³/mol. The Labute approximate surface area is 223 Å². The van der Waals surface area contributed by atoms with Crippen molar-refractivity contribution in [2.24, 2.45) is 40.4 Å². The molecule has 0 aromatic heterocycles. The molecule has 3 fully saturated rings. The molecule has 5 aliphatic rings. The molecular formula is C32H48O5. The first-order valence-electron chi connectivity index (χ1n) is 14.9. The Bertz CT molecular complexity index is 980. The van der Waals surface area contributed by atoms with Crippen LogP contribution in [0.1, 0.15) is 106 Å². The third-order valence-corrected chi connectivity index (χ3v) is 11.4. The summed E-state index contributed by atoms with van der Waals surface area (Å²) in [7, 11) is 0. The summed E-state index contributed by atoms with van der Waals surface area (Å²) >= 11 is 0. The van der Waals surface area contributed by atoms with Gasteiger partial charge in [0, 0.05) is 32.6 Å². The zero-order valence-corrected chi connectivity index (χ0v) is 23.9. The van der Waals surface area contributed by atoms with Crippen molar-refractivity contribution >= 4 is 11.9 Å². The molecular weight excluding hydrogens is 464 g/mol. The van der Waals surface area contributed by atoms with Crippen molar-refractivity contribution < 1.29 is 23.8 Å². The molecule has 3 saturated carbocycles. The van der Waals surface area contributed by atoms with Gasteiger partial charge in [0.05, 0.1) is 12.4 Å². The maximum absolute atomic E-state index is 11.6. The standard InChI is InChI=1S/C32H48O5/c1-19(13-16-35-21(3)33)7-10-28-20(2)30-29(37-28)18-27-25-9-8-23-17-24(36-22(4)34)11-14-31(23,5)26(25)12-15-32(27,30)6/h8,19,24-27,29-30H,7,9-18H2,1-6H3/t19?,24-,25+,26-,27-,29-,30-,31-,32-/m0/s1. The van der Waals surface area contributed by atoms with Gasteiger partial charge in [-0.2, -0.15) is 0 Å². The van der Waals surface area contributed by atoms with Crippen LogP contribution in [0.4, 0.5) is 0 Å². The largest absolute Gasteiger partial charge is 0.494 e. The number of hydrogen-bond acceptors (Lipinski definition) is 5. The Morgan fingerprint density at radius 1 is 1.11 bits per heavy atom. The van der Waals surface area contributed by atoms with Crippen LogP contribution < -0.4 is 0 Å². The normalized spacial score (nSPS) is 41.0. The lowest BCUT2D eigenvalue weighted by Crippen LogP contribution is -2.50. The minimum absolute atomic E-state index is 0.0667. The van der Waals surface area contributed by atoms with Crippen LogP contribution in [0.3, 0.4) is 0 Å². The first kappa shape index (κ1) is 26.8. The highest BCUT2D eigenvalue weighted by atomic mass is 16.5. The summed E-state index contributed by atoms with van der Waals surface area (Å²) in [4.78, 5) is 22.6. The van der Waals surface area contributed by atoms with Crippen molar-refractivity contribution in [2.75, 3.05) is 6.61 Å². The fraction of sp³-hybridized carbons (Fsp3) is 0.812. The van der Waals surface area contributed by atoms with Gasteiger partial charge in [-0.15, -0.1) is 0 Å². The van der Waals surface area contributed by atoms with Gasteiger partial charge in [0.2, 0.25) is 0 Å². The minimum atomic E-state index is -0.191. The van der Waals surface area contributed by atoms with Gasteiger partial charge in [-0.1, -0.05) is 32.4 Å². The minimum Gasteiger partial charge on any atom is -0.494 e. The predicted octanol–water partition coefficient (Wildman–Crippen LogP) is 7.15. The van der Waals surface area contributed by atoms with Gasteiger partial charge in [-0.3, -0.25) is 9.59 Å². The monoisotopic (exact) mass is 512 g/mol. The molecule has 0 aromatic rings. The molecule has 0 N–H and O–H groups in total. The Morgan fingerprint density at radius 3 is 2.62 bits per heavy atom. The molecule has 5 nitrogen and oxygen atoms in total. The van der Waals surface area contributed by atoms with Gasteiger partial charge in [0.15, 0.2) is 0 Å². The summed E-state index contributed by atoms with van der Waals surface area (Å²) in [6.45, 7) is 13.2. The third-order valence-electron chi connectivity index (χ3n) is 11.4. The summed E-state index contributed by atoms with van der Waals surface area (Å²) in [6, 6.07) is 0. The molecule has 1 heterocycles. The molecule has 0 bridgehead atoms. The van der Waals surface area contributed by atoms with Gasteiger partial charge in [-0.05, 0) is 98.4 Å². The first-order chi connectivity index (χ1) is 17.5. The molecule has 5 rings (SSSR count). The van der Waals surface area contributed by atoms with Gasteiger partial charge >= 0.3 is 11.9 Å². The van der Waals surface area contributed by atoms with Gasteiger partial charge < -0.3 is 14.2 Å². The Hall–Kier alpha value is -1.78. The van der Waals surface area contributed by atoms with E-state index in [4.69, 9.17) is 14.2 Å². The van der Waals surface area contributed by atoms with Crippen LogP contribution in [-0.2, 0) is 23.8 Å². The summed E-state index contributed by atoms with van der Waals surface area (Å²) in [5.41, 5.74) is 3.67. The van der Waals surface area contributed by atoms with Crippen LogP contribution in [0.2, 0.25) is 0 Å². The second-order valence-electron chi connectivity index (χ2n) is 13.5. The zero-order chi connectivity index (χ0) is 26.5. The van der Waals surface area contributed by atoms with E-state index in [0.717, 1.165) is 56.3 Å². The average molecular weight is 513 g/mol. The SMILES string of the molecule is CC(=O)OCCC(C)CCC1=C(C)[C@H]2[C@H](C[C@H]3[C@@H]4CC=C5C[C@@H](OC(C)=O)CC[C@]5(C)[C@H]4CC[C@@]32C)O1. The highest BCUT2D eigenvalue weighted by molar-refractivity contribution is 5.66. The second kappa shape index (κ2) is 10.1. The fourth-order valence-electron chi connectivity index (χ4n) is 9.47. The number of esters is 2. The van der Waals surface area contributed by atoms with Crippen molar-refractivity contribution in [2.45, 2.75) is 118 Å². The van der Waals surface area contributed by atoms with Crippen LogP contribution >= 0.6 is 0 Å². The van der Waals surface area contributed by atoms with E-state index >= 15 is 0 Å². The molecule has 37 heavy (non-hydrogen) atoms. The molecule has 5 heteroatoms. The number of allylic oxidation sites excluding steroid dienone is 2. The Morgan fingerprint density at radius 2 is 1.89 bits per heavy atom. The fourth-order valence-corrected chi connectivity index (χ4v) is 9.47. The molecule has 4 aliphatic carbocycles. The summed E-state index contributed by atoms with van der Waals surface area (Å²) in [6.07, 6.45) is 14.0. The van der Waals surface area contributed by atoms with Crippen molar-refractivity contribution in [3.8, 4) is 0 Å². The van der Waals surface area contributed by atoms with Gasteiger partial charge in [0.25, 0.3) is 0 Å². The quantitative estimate of drug-likeness (QED) is 0.268. The topological polar surface area (TPSA) is 61.8 Å². The van der Waals surface area contributed by atoms with Gasteiger partial charge in [-0.25, -0.2) is 0 Å². The summed E-state index contributed by atoms with van der Waals surface area (Å²) in [5.74, 6) is 4.19. The number of carbonyl (C=O) groups excluding carboxylic acids is 2. The van der Waals surface area contributed by atoms with E-state index in [0.29, 0.717) is 30.0 Å². The lowest BCUT2D eigenvalue weighted by atomic mass is 9.47. The number of carbonyl (C=O) groups is 2. The summed E-state index contributed by atoms with van der Waals surface area (Å²) < 4.78 is 17.5. The summed E-state index contributed by atoms with van der Waals surface area (Å²) in [5, 5.41) is 0. The van der Waals surface area contributed by atoms with Crippen LogP contribution in [0, 0.1) is 40.4 Å². The van der Waals surface area contributed by atoms with E-state index in [-0.39, 0.29) is 23.5 Å². The van der Waals surface area contributed by atoms with E-state index < -0.39 is 0 Å². The maximum Gasteiger partial charge on any atom is 0.302 e. The van der Waals surface area contributed by atoms with E-state index in [2.05, 4.69) is 33.8 Å². The highest BCUT2D eigenvalue weighted by Crippen LogP contribution is 2.69. The number of hydrogen-bond donors (Lipinski definition) is 0. The van der Waals surface area contributed by atoms with E-state index in [1.165, 1.54) is 50.9 Å². The molecule has 0 radical (unpaired) electrons. The number of rotatable bonds is 7. The molecule has 1 unspecified atom stereocenters. The van der Waals surface area contributed by atoms with Crippen molar-refractivity contribution in [3.05, 3.63) is 23.0 Å². The van der Waals surface area contributed by atoms with Crippen LogP contribution in [0.5, 0.6) is 0 Å². The Balaban J connectivity index is 1.26. The van der Waals surface area contributed by atoms with E-state index in [1.807, 2.05) is 0 Å². The van der Waals surface area contributed by atoms with Crippen molar-refractivity contribution in [1.29, 1.82) is 0 Å². The lowest BCUT2D eigenvalue weighted by Gasteiger charge is -2.58. The molecule has 206 valence electrons. The third kappa shape index (κ3) is 4.78. The van der Waals surface area contributed by atoms with Gasteiger partial charge in [0.1, 0.15) is 12.2 Å². The van der Waals surface area contributed by atoms with Crippen LogP contribution in [-0.4, -0.2) is 30.8 Å². The van der Waals surface area contributed by atoms with Crippen molar-refractivity contribution in [1.82, 2.24) is 0 Å². The zero-order valence-electron chi connectivity index (χ0n) is 23.9. The lowest BCUT2D eigenvalue weighted by molar-refractivity contribution is -0.148. The molecule has 1 aliphatic heterocycles. The molecule has 0 aromatic carbocycles. The van der Waals surface area contributed by atoms with E-state index in [1.54, 1.807) is 5.57 Å². The van der Waals surface area contributed by atoms with Crippen molar-refractivity contribution in [3.63, 3.8) is 0 Å². The number of fused-ring (bicyclic) bond motifs is 7. The molecule has 9 atom stereocenters. The Kier molecular flexibility index (Phi) is 7.30. The molecule has 0 amide bonds. The molecule has 0 saturated heterocycles. The van der Waals surface area contributed by atoms with E-state index in [9.17, 15) is 9.59 Å². The van der Waals surface area contributed by atoms with Crippen LogP contribution in [0.15, 0.2) is 23.0 Å². The average Bonchev–Trinajstić information content (AvgIpc) is 3.30. The maximum atomic E-state index is 11.6.